The van der Waals surface area contributed by atoms with E-state index in [2.05, 4.69) is 22.4 Å². The van der Waals surface area contributed by atoms with Gasteiger partial charge < -0.3 is 10.1 Å². The van der Waals surface area contributed by atoms with Crippen molar-refractivity contribution in [3.8, 4) is 5.75 Å². The van der Waals surface area contributed by atoms with E-state index >= 15 is 0 Å². The summed E-state index contributed by atoms with van der Waals surface area (Å²) in [5, 5.41) is 4.63. The highest BCUT2D eigenvalue weighted by Gasteiger charge is 2.25. The van der Waals surface area contributed by atoms with Crippen LogP contribution in [0.1, 0.15) is 54.5 Å². The molecular weight excluding hydrogens is 430 g/mol. The zero-order valence-corrected chi connectivity index (χ0v) is 20.3. The van der Waals surface area contributed by atoms with Crippen LogP contribution in [0.15, 0.2) is 47.0 Å². The number of benzene rings is 1. The molecule has 3 aromatic rings. The standard InChI is InChI=1S/C27H33N3O2S/c1-32-23-10-6-5-9-20(23)14-16-30-18-29-26-25(27(30)31)22-12-11-21(17-24(22)33-26)28-15-13-19-7-3-2-4-8-19/h5-7,9-10,18,21,28H,2-4,8,11-17H2,1H3. The first-order valence-electron chi connectivity index (χ1n) is 12.3. The molecule has 0 aliphatic heterocycles. The topological polar surface area (TPSA) is 56.2 Å². The van der Waals surface area contributed by atoms with Gasteiger partial charge in [-0.2, -0.15) is 0 Å². The SMILES string of the molecule is COc1ccccc1CCn1cnc2sc3c(c2c1=O)CCC(NCCC1=CCCCC1)C3. The lowest BCUT2D eigenvalue weighted by Gasteiger charge is -2.24. The van der Waals surface area contributed by atoms with E-state index in [-0.39, 0.29) is 5.56 Å². The fourth-order valence-electron chi connectivity index (χ4n) is 5.25. The summed E-state index contributed by atoms with van der Waals surface area (Å²) in [6.45, 7) is 1.66. The maximum Gasteiger partial charge on any atom is 0.262 e. The molecule has 0 saturated heterocycles. The highest BCUT2D eigenvalue weighted by molar-refractivity contribution is 7.18. The second kappa shape index (κ2) is 10.2. The fourth-order valence-corrected chi connectivity index (χ4v) is 6.51. The summed E-state index contributed by atoms with van der Waals surface area (Å²) in [4.78, 5) is 20.3. The van der Waals surface area contributed by atoms with Crippen molar-refractivity contribution >= 4 is 21.6 Å². The maximum absolute atomic E-state index is 13.3. The van der Waals surface area contributed by atoms with Crippen molar-refractivity contribution in [2.45, 2.75) is 70.4 Å². The zero-order chi connectivity index (χ0) is 22.6. The predicted octanol–water partition coefficient (Wildman–Crippen LogP) is 5.05. The molecule has 0 spiro atoms. The normalized spacial score (nSPS) is 18.2. The van der Waals surface area contributed by atoms with Crippen molar-refractivity contribution in [2.24, 2.45) is 0 Å². The average molecular weight is 464 g/mol. The number of nitrogens with zero attached hydrogens (tertiary/aromatic N) is 2. The Hall–Kier alpha value is -2.44. The number of allylic oxidation sites excluding steroid dienone is 1. The molecule has 0 amide bonds. The molecule has 2 aromatic heterocycles. The molecule has 0 bridgehead atoms. The molecule has 5 rings (SSSR count). The van der Waals surface area contributed by atoms with E-state index in [9.17, 15) is 4.79 Å². The van der Waals surface area contributed by atoms with Gasteiger partial charge in [0.1, 0.15) is 10.6 Å². The van der Waals surface area contributed by atoms with Crippen molar-refractivity contribution < 1.29 is 4.74 Å². The smallest absolute Gasteiger partial charge is 0.262 e. The van der Waals surface area contributed by atoms with E-state index in [1.807, 2.05) is 18.2 Å². The van der Waals surface area contributed by atoms with E-state index in [4.69, 9.17) is 4.74 Å². The second-order valence-corrected chi connectivity index (χ2v) is 10.3. The Morgan fingerprint density at radius 3 is 2.97 bits per heavy atom. The molecule has 174 valence electrons. The Kier molecular flexibility index (Phi) is 6.93. The third-order valence-electron chi connectivity index (χ3n) is 7.11. The number of nitrogens with one attached hydrogen (secondary N) is 1. The fraction of sp³-hybridized carbons (Fsp3) is 0.481. The lowest BCUT2D eigenvalue weighted by Crippen LogP contribution is -2.35. The highest BCUT2D eigenvalue weighted by atomic mass is 32.1. The number of hydrogen-bond donors (Lipinski definition) is 1. The molecule has 1 unspecified atom stereocenters. The molecule has 33 heavy (non-hydrogen) atoms. The van der Waals surface area contributed by atoms with Crippen LogP contribution in [0.4, 0.5) is 0 Å². The molecule has 1 N–H and O–H groups in total. The van der Waals surface area contributed by atoms with E-state index < -0.39 is 0 Å². The number of rotatable bonds is 8. The van der Waals surface area contributed by atoms with Gasteiger partial charge in [-0.05, 0) is 81.5 Å². The maximum atomic E-state index is 13.3. The zero-order valence-electron chi connectivity index (χ0n) is 19.4. The van der Waals surface area contributed by atoms with Gasteiger partial charge in [0, 0.05) is 17.5 Å². The molecule has 0 fully saturated rings. The Morgan fingerprint density at radius 1 is 1.21 bits per heavy atom. The first-order chi connectivity index (χ1) is 16.2. The summed E-state index contributed by atoms with van der Waals surface area (Å²) >= 11 is 1.71. The molecule has 2 aliphatic carbocycles. The number of fused-ring (bicyclic) bond motifs is 3. The summed E-state index contributed by atoms with van der Waals surface area (Å²) in [7, 11) is 1.69. The Bertz CT molecular complexity index is 1210. The van der Waals surface area contributed by atoms with Crippen LogP contribution in [0.3, 0.4) is 0 Å². The van der Waals surface area contributed by atoms with Crippen molar-refractivity contribution in [3.05, 3.63) is 68.6 Å². The van der Waals surface area contributed by atoms with Gasteiger partial charge >= 0.3 is 0 Å². The summed E-state index contributed by atoms with van der Waals surface area (Å²) in [6.07, 6.45) is 14.4. The van der Waals surface area contributed by atoms with Gasteiger partial charge in [-0.25, -0.2) is 4.98 Å². The summed E-state index contributed by atoms with van der Waals surface area (Å²) < 4.78 is 7.23. The Balaban J connectivity index is 1.27. The molecule has 0 radical (unpaired) electrons. The highest BCUT2D eigenvalue weighted by Crippen LogP contribution is 2.34. The van der Waals surface area contributed by atoms with Gasteiger partial charge in [-0.1, -0.05) is 29.8 Å². The van der Waals surface area contributed by atoms with Crippen LogP contribution in [0.5, 0.6) is 5.75 Å². The average Bonchev–Trinajstić information content (AvgIpc) is 3.23. The number of aromatic nitrogens is 2. The minimum atomic E-state index is 0.100. The number of hydrogen-bond acceptors (Lipinski definition) is 5. The van der Waals surface area contributed by atoms with Crippen molar-refractivity contribution in [3.63, 3.8) is 0 Å². The summed E-state index contributed by atoms with van der Waals surface area (Å²) in [5.41, 5.74) is 4.08. The molecule has 2 aliphatic rings. The van der Waals surface area contributed by atoms with E-state index in [0.29, 0.717) is 12.6 Å². The number of thiophene rings is 1. The monoisotopic (exact) mass is 463 g/mol. The van der Waals surface area contributed by atoms with Crippen molar-refractivity contribution in [1.29, 1.82) is 0 Å². The first-order valence-corrected chi connectivity index (χ1v) is 13.1. The van der Waals surface area contributed by atoms with E-state index in [1.165, 1.54) is 42.5 Å². The van der Waals surface area contributed by atoms with Gasteiger partial charge in [-0.3, -0.25) is 9.36 Å². The van der Waals surface area contributed by atoms with Crippen LogP contribution in [-0.4, -0.2) is 29.2 Å². The molecular formula is C27H33N3O2S. The Morgan fingerprint density at radius 2 is 2.12 bits per heavy atom. The second-order valence-electron chi connectivity index (χ2n) is 9.24. The van der Waals surface area contributed by atoms with Crippen molar-refractivity contribution in [2.75, 3.05) is 13.7 Å². The van der Waals surface area contributed by atoms with Crippen LogP contribution in [-0.2, 0) is 25.8 Å². The van der Waals surface area contributed by atoms with E-state index in [0.717, 1.165) is 53.8 Å². The number of methoxy groups -OCH3 is 1. The van der Waals surface area contributed by atoms with Gasteiger partial charge in [0.15, 0.2) is 0 Å². The van der Waals surface area contributed by atoms with Crippen LogP contribution in [0, 0.1) is 0 Å². The van der Waals surface area contributed by atoms with Gasteiger partial charge in [0.05, 0.1) is 18.8 Å². The number of aryl methyl sites for hydroxylation is 3. The number of ether oxygens (including phenoxy) is 1. The molecule has 1 atom stereocenters. The first kappa shape index (κ1) is 22.4. The summed E-state index contributed by atoms with van der Waals surface area (Å²) in [5.74, 6) is 0.866. The number of para-hydroxylation sites is 1. The molecule has 2 heterocycles. The molecule has 1 aromatic carbocycles. The minimum Gasteiger partial charge on any atom is -0.496 e. The van der Waals surface area contributed by atoms with Crippen molar-refractivity contribution in [1.82, 2.24) is 14.9 Å². The minimum absolute atomic E-state index is 0.100. The Labute approximate surface area is 199 Å². The largest absolute Gasteiger partial charge is 0.496 e. The molecule has 0 saturated carbocycles. The van der Waals surface area contributed by atoms with Crippen LogP contribution in [0.2, 0.25) is 0 Å². The lowest BCUT2D eigenvalue weighted by molar-refractivity contribution is 0.408. The molecule has 5 nitrogen and oxygen atoms in total. The summed E-state index contributed by atoms with van der Waals surface area (Å²) in [6, 6.07) is 8.50. The predicted molar refractivity (Wildman–Crippen MR) is 136 cm³/mol. The van der Waals surface area contributed by atoms with Gasteiger partial charge in [0.2, 0.25) is 0 Å². The lowest BCUT2D eigenvalue weighted by atomic mass is 9.92. The molecule has 6 heteroatoms. The van der Waals surface area contributed by atoms with Crippen LogP contribution in [0.25, 0.3) is 10.2 Å². The van der Waals surface area contributed by atoms with Gasteiger partial charge in [0.25, 0.3) is 5.56 Å². The van der Waals surface area contributed by atoms with Gasteiger partial charge in [-0.15, -0.1) is 11.3 Å². The van der Waals surface area contributed by atoms with Crippen LogP contribution >= 0.6 is 11.3 Å². The third-order valence-corrected chi connectivity index (χ3v) is 8.28. The van der Waals surface area contributed by atoms with Crippen LogP contribution < -0.4 is 15.6 Å². The quantitative estimate of drug-likeness (QED) is 0.475. The van der Waals surface area contributed by atoms with E-state index in [1.54, 1.807) is 34.9 Å². The third kappa shape index (κ3) is 4.92.